The van der Waals surface area contributed by atoms with Crippen molar-refractivity contribution in [1.82, 2.24) is 14.7 Å². The second-order valence-corrected chi connectivity index (χ2v) is 6.81. The third kappa shape index (κ3) is 3.82. The number of H-pyrrole nitrogens is 1. The van der Waals surface area contributed by atoms with Crippen LogP contribution in [0.25, 0.3) is 0 Å². The highest BCUT2D eigenvalue weighted by atomic mass is 35.5. The number of nitrogens with zero attached hydrogens (tertiary/aromatic N) is 1. The zero-order valence-corrected chi connectivity index (χ0v) is 12.8. The van der Waals surface area contributed by atoms with E-state index in [-0.39, 0.29) is 11.1 Å². The van der Waals surface area contributed by atoms with Crippen LogP contribution in [0.5, 0.6) is 0 Å². The van der Waals surface area contributed by atoms with Gasteiger partial charge in [0.2, 0.25) is 0 Å². The molecule has 0 aliphatic rings. The van der Waals surface area contributed by atoms with Crippen LogP contribution in [0.3, 0.4) is 0 Å². The molecule has 0 spiro atoms. The predicted octanol–water partition coefficient (Wildman–Crippen LogP) is 2.28. The van der Waals surface area contributed by atoms with Crippen molar-refractivity contribution < 1.29 is 8.42 Å². The quantitative estimate of drug-likeness (QED) is 0.889. The molecule has 0 saturated carbocycles. The van der Waals surface area contributed by atoms with Crippen LogP contribution in [0, 0.1) is 6.92 Å². The monoisotopic (exact) mass is 313 g/mol. The largest absolute Gasteiger partial charge is 0.332 e. The summed E-state index contributed by atoms with van der Waals surface area (Å²) in [5.41, 5.74) is 0.980. The van der Waals surface area contributed by atoms with Crippen LogP contribution in [-0.2, 0) is 16.4 Å². The van der Waals surface area contributed by atoms with Gasteiger partial charge >= 0.3 is 0 Å². The minimum Gasteiger partial charge on any atom is -0.332 e. The SMILES string of the molecule is Cc1ncc(S(=O)(=O)NC(C)Cc2cccc(Cl)c2)[nH]1. The van der Waals surface area contributed by atoms with Crippen LogP contribution in [0.1, 0.15) is 18.3 Å². The summed E-state index contributed by atoms with van der Waals surface area (Å²) >= 11 is 5.91. The lowest BCUT2D eigenvalue weighted by molar-refractivity contribution is 0.556. The van der Waals surface area contributed by atoms with Crippen LogP contribution in [-0.4, -0.2) is 24.4 Å². The average Bonchev–Trinajstić information content (AvgIpc) is 2.75. The molecule has 0 saturated heterocycles. The summed E-state index contributed by atoms with van der Waals surface area (Å²) in [5, 5.41) is 0.717. The Morgan fingerprint density at radius 2 is 2.20 bits per heavy atom. The Balaban J connectivity index is 2.06. The maximum atomic E-state index is 12.1. The Morgan fingerprint density at radius 1 is 1.45 bits per heavy atom. The van der Waals surface area contributed by atoms with E-state index in [1.54, 1.807) is 13.0 Å². The van der Waals surface area contributed by atoms with Crippen molar-refractivity contribution in [2.75, 3.05) is 0 Å². The van der Waals surface area contributed by atoms with E-state index in [0.717, 1.165) is 5.56 Å². The molecule has 2 aromatic rings. The highest BCUT2D eigenvalue weighted by Gasteiger charge is 2.19. The van der Waals surface area contributed by atoms with Gasteiger partial charge in [-0.05, 0) is 38.0 Å². The highest BCUT2D eigenvalue weighted by Crippen LogP contribution is 2.13. The summed E-state index contributed by atoms with van der Waals surface area (Å²) in [4.78, 5) is 6.61. The van der Waals surface area contributed by atoms with Crippen molar-refractivity contribution in [3.05, 3.63) is 46.9 Å². The van der Waals surface area contributed by atoms with E-state index in [9.17, 15) is 8.42 Å². The lowest BCUT2D eigenvalue weighted by Gasteiger charge is -2.13. The van der Waals surface area contributed by atoms with Crippen LogP contribution >= 0.6 is 11.6 Å². The van der Waals surface area contributed by atoms with Gasteiger partial charge in [0.05, 0.1) is 6.20 Å². The van der Waals surface area contributed by atoms with E-state index >= 15 is 0 Å². The zero-order valence-electron chi connectivity index (χ0n) is 11.2. The minimum absolute atomic E-state index is 0.0768. The molecular formula is C13H16ClN3O2S. The number of halogens is 1. The van der Waals surface area contributed by atoms with Gasteiger partial charge in [-0.25, -0.2) is 18.1 Å². The van der Waals surface area contributed by atoms with Crippen molar-refractivity contribution >= 4 is 21.6 Å². The number of benzene rings is 1. The smallest absolute Gasteiger partial charge is 0.257 e. The number of nitrogens with one attached hydrogen (secondary N) is 2. The summed E-state index contributed by atoms with van der Waals surface area (Å²) in [5.74, 6) is 0.563. The van der Waals surface area contributed by atoms with Gasteiger partial charge in [0.15, 0.2) is 5.03 Å². The first-order valence-electron chi connectivity index (χ1n) is 6.15. The fourth-order valence-electron chi connectivity index (χ4n) is 1.92. The number of sulfonamides is 1. The maximum absolute atomic E-state index is 12.1. The van der Waals surface area contributed by atoms with E-state index in [1.807, 2.05) is 25.1 Å². The number of aromatic nitrogens is 2. The van der Waals surface area contributed by atoms with Gasteiger partial charge in [-0.1, -0.05) is 23.7 Å². The van der Waals surface area contributed by atoms with Crippen LogP contribution in [0.4, 0.5) is 0 Å². The molecule has 1 heterocycles. The summed E-state index contributed by atoms with van der Waals surface area (Å²) in [6, 6.07) is 7.12. The number of aryl methyl sites for hydroxylation is 1. The Kier molecular flexibility index (Phi) is 4.47. The van der Waals surface area contributed by atoms with Gasteiger partial charge in [0, 0.05) is 11.1 Å². The third-order valence-electron chi connectivity index (χ3n) is 2.76. The van der Waals surface area contributed by atoms with Gasteiger partial charge in [0.25, 0.3) is 10.0 Å². The molecule has 0 radical (unpaired) electrons. The second kappa shape index (κ2) is 5.95. The van der Waals surface area contributed by atoms with Crippen LogP contribution < -0.4 is 4.72 Å². The average molecular weight is 314 g/mol. The lowest BCUT2D eigenvalue weighted by Crippen LogP contribution is -2.34. The number of aromatic amines is 1. The molecule has 1 atom stereocenters. The molecule has 0 fully saturated rings. The molecule has 0 amide bonds. The minimum atomic E-state index is -3.57. The van der Waals surface area contributed by atoms with E-state index in [0.29, 0.717) is 17.3 Å². The van der Waals surface area contributed by atoms with Gasteiger partial charge in [-0.2, -0.15) is 0 Å². The topological polar surface area (TPSA) is 74.8 Å². The lowest BCUT2D eigenvalue weighted by atomic mass is 10.1. The molecule has 7 heteroatoms. The molecule has 1 aromatic carbocycles. The number of rotatable bonds is 5. The fourth-order valence-corrected chi connectivity index (χ4v) is 3.35. The van der Waals surface area contributed by atoms with Gasteiger partial charge in [0.1, 0.15) is 5.82 Å². The normalized spacial score (nSPS) is 13.3. The second-order valence-electron chi connectivity index (χ2n) is 4.69. The summed E-state index contributed by atoms with van der Waals surface area (Å²) < 4.78 is 26.8. The first-order valence-corrected chi connectivity index (χ1v) is 8.01. The Hall–Kier alpha value is -1.37. The summed E-state index contributed by atoms with van der Waals surface area (Å²) in [6.07, 6.45) is 1.87. The number of hydrogen-bond acceptors (Lipinski definition) is 3. The third-order valence-corrected chi connectivity index (χ3v) is 4.49. The predicted molar refractivity (Wildman–Crippen MR) is 78.3 cm³/mol. The molecule has 2 rings (SSSR count). The van der Waals surface area contributed by atoms with E-state index in [4.69, 9.17) is 11.6 Å². The highest BCUT2D eigenvalue weighted by molar-refractivity contribution is 7.89. The molecule has 0 aliphatic heterocycles. The molecule has 20 heavy (non-hydrogen) atoms. The Morgan fingerprint density at radius 3 is 2.80 bits per heavy atom. The molecule has 5 nitrogen and oxygen atoms in total. The molecular weight excluding hydrogens is 298 g/mol. The first-order chi connectivity index (χ1) is 9.37. The fraction of sp³-hybridized carbons (Fsp3) is 0.308. The Labute approximate surface area is 123 Å². The molecule has 0 bridgehead atoms. The van der Waals surface area contributed by atoms with Crippen molar-refractivity contribution in [2.45, 2.75) is 31.3 Å². The van der Waals surface area contributed by atoms with Crippen LogP contribution in [0.15, 0.2) is 35.5 Å². The maximum Gasteiger partial charge on any atom is 0.257 e. The van der Waals surface area contributed by atoms with Gasteiger partial charge in [-0.3, -0.25) is 0 Å². The van der Waals surface area contributed by atoms with E-state index in [2.05, 4.69) is 14.7 Å². The molecule has 0 aliphatic carbocycles. The Bertz CT molecular complexity index is 697. The van der Waals surface area contributed by atoms with Crippen molar-refractivity contribution in [3.63, 3.8) is 0 Å². The van der Waals surface area contributed by atoms with Crippen LogP contribution in [0.2, 0.25) is 5.02 Å². The van der Waals surface area contributed by atoms with Crippen molar-refractivity contribution in [3.8, 4) is 0 Å². The zero-order chi connectivity index (χ0) is 14.8. The molecule has 1 unspecified atom stereocenters. The summed E-state index contributed by atoms with van der Waals surface area (Å²) in [7, 11) is -3.57. The van der Waals surface area contributed by atoms with E-state index in [1.165, 1.54) is 6.20 Å². The molecule has 2 N–H and O–H groups in total. The van der Waals surface area contributed by atoms with Crippen molar-refractivity contribution in [1.29, 1.82) is 0 Å². The van der Waals surface area contributed by atoms with Gasteiger partial charge in [-0.15, -0.1) is 0 Å². The summed E-state index contributed by atoms with van der Waals surface area (Å²) in [6.45, 7) is 3.51. The number of hydrogen-bond donors (Lipinski definition) is 2. The number of imidazole rings is 1. The van der Waals surface area contributed by atoms with Crippen molar-refractivity contribution in [2.24, 2.45) is 0 Å². The molecule has 108 valence electrons. The first kappa shape index (κ1) is 15.0. The molecule has 1 aromatic heterocycles. The van der Waals surface area contributed by atoms with E-state index < -0.39 is 10.0 Å². The standard InChI is InChI=1S/C13H16ClN3O2S/c1-9(6-11-4-3-5-12(14)7-11)17-20(18,19)13-8-15-10(2)16-13/h3-5,7-9,17H,6H2,1-2H3,(H,15,16). The van der Waals surface area contributed by atoms with Gasteiger partial charge < -0.3 is 4.98 Å².